The van der Waals surface area contributed by atoms with Gasteiger partial charge in [0.25, 0.3) is 0 Å². The Labute approximate surface area is 194 Å². The van der Waals surface area contributed by atoms with E-state index in [0.29, 0.717) is 0 Å². The Morgan fingerprint density at radius 1 is 0.848 bits per heavy atom. The molecule has 6 nitrogen and oxygen atoms in total. The van der Waals surface area contributed by atoms with Crippen molar-refractivity contribution < 1.29 is 9.47 Å². The summed E-state index contributed by atoms with van der Waals surface area (Å²) >= 11 is 0. The number of pyridine rings is 2. The van der Waals surface area contributed by atoms with Crippen molar-refractivity contribution in [3.05, 3.63) is 78.6 Å². The van der Waals surface area contributed by atoms with E-state index in [1.165, 1.54) is 5.56 Å². The van der Waals surface area contributed by atoms with Crippen LogP contribution in [0.15, 0.2) is 73.1 Å². The van der Waals surface area contributed by atoms with Crippen LogP contribution >= 0.6 is 0 Å². The lowest BCUT2D eigenvalue weighted by atomic mass is 10.0. The zero-order valence-corrected chi connectivity index (χ0v) is 19.1. The summed E-state index contributed by atoms with van der Waals surface area (Å²) in [4.78, 5) is 14.2. The van der Waals surface area contributed by atoms with E-state index in [4.69, 9.17) is 14.5 Å². The van der Waals surface area contributed by atoms with Crippen LogP contribution in [0.5, 0.6) is 11.5 Å². The highest BCUT2D eigenvalue weighted by Crippen LogP contribution is 2.37. The third-order valence-corrected chi connectivity index (χ3v) is 6.23. The first kappa shape index (κ1) is 21.2. The number of hydrogen-bond acceptors (Lipinski definition) is 6. The van der Waals surface area contributed by atoms with Crippen LogP contribution < -0.4 is 14.4 Å². The number of fused-ring (bicyclic) bond motifs is 1. The summed E-state index contributed by atoms with van der Waals surface area (Å²) in [6, 6.07) is 20.6. The number of ether oxygens (including phenoxy) is 2. The lowest BCUT2D eigenvalue weighted by Gasteiger charge is -2.35. The number of nitrogens with zero attached hydrogens (tertiary/aromatic N) is 4. The lowest BCUT2D eigenvalue weighted by molar-refractivity contribution is 0.249. The number of anilines is 1. The van der Waals surface area contributed by atoms with Gasteiger partial charge in [0.1, 0.15) is 17.3 Å². The predicted molar refractivity (Wildman–Crippen MR) is 132 cm³/mol. The minimum Gasteiger partial charge on any atom is -0.497 e. The van der Waals surface area contributed by atoms with Gasteiger partial charge in [-0.05, 0) is 35.9 Å². The minimum absolute atomic E-state index is 0.772. The number of rotatable bonds is 6. The van der Waals surface area contributed by atoms with E-state index in [0.717, 1.165) is 72.1 Å². The van der Waals surface area contributed by atoms with Gasteiger partial charge in [0.15, 0.2) is 0 Å². The predicted octanol–water partition coefficient (Wildman–Crippen LogP) is 4.64. The summed E-state index contributed by atoms with van der Waals surface area (Å²) in [6.07, 6.45) is 3.77. The van der Waals surface area contributed by atoms with E-state index in [1.807, 2.05) is 36.7 Å². The Morgan fingerprint density at radius 2 is 1.73 bits per heavy atom. The largest absolute Gasteiger partial charge is 0.497 e. The molecule has 168 valence electrons. The van der Waals surface area contributed by atoms with Gasteiger partial charge in [-0.1, -0.05) is 24.3 Å². The summed E-state index contributed by atoms with van der Waals surface area (Å²) in [7, 11) is 3.35. The highest BCUT2D eigenvalue weighted by atomic mass is 16.5. The maximum absolute atomic E-state index is 5.67. The second kappa shape index (κ2) is 9.46. The molecule has 0 aliphatic carbocycles. The molecule has 0 bridgehead atoms. The fourth-order valence-corrected chi connectivity index (χ4v) is 4.44. The second-order valence-corrected chi connectivity index (χ2v) is 8.24. The molecule has 4 aromatic rings. The smallest absolute Gasteiger partial charge is 0.130 e. The lowest BCUT2D eigenvalue weighted by Crippen LogP contribution is -2.46. The Kier molecular flexibility index (Phi) is 6.09. The molecule has 0 amide bonds. The van der Waals surface area contributed by atoms with Crippen molar-refractivity contribution in [2.45, 2.75) is 6.54 Å². The Hall–Kier alpha value is -3.64. The number of piperazine rings is 1. The van der Waals surface area contributed by atoms with Crippen molar-refractivity contribution >= 4 is 16.7 Å². The van der Waals surface area contributed by atoms with E-state index in [2.05, 4.69) is 51.2 Å². The van der Waals surface area contributed by atoms with Crippen LogP contribution in [-0.2, 0) is 6.54 Å². The quantitative estimate of drug-likeness (QED) is 0.436. The first-order valence-corrected chi connectivity index (χ1v) is 11.2. The van der Waals surface area contributed by atoms with Crippen LogP contribution in [0.4, 0.5) is 5.82 Å². The van der Waals surface area contributed by atoms with Crippen molar-refractivity contribution in [3.8, 4) is 22.6 Å². The van der Waals surface area contributed by atoms with Gasteiger partial charge in [-0.15, -0.1) is 0 Å². The molecule has 1 saturated heterocycles. The van der Waals surface area contributed by atoms with Crippen LogP contribution in [0.3, 0.4) is 0 Å². The van der Waals surface area contributed by atoms with Gasteiger partial charge < -0.3 is 14.4 Å². The van der Waals surface area contributed by atoms with Crippen molar-refractivity contribution in [2.24, 2.45) is 0 Å². The molecule has 0 spiro atoms. The molecule has 3 heterocycles. The number of methoxy groups -OCH3 is 2. The Balaban J connectivity index is 1.40. The van der Waals surface area contributed by atoms with Gasteiger partial charge in [-0.2, -0.15) is 0 Å². The van der Waals surface area contributed by atoms with E-state index >= 15 is 0 Å². The number of aromatic nitrogens is 2. The summed E-state index contributed by atoms with van der Waals surface area (Å²) in [5, 5.41) is 1.12. The molecule has 5 rings (SSSR count). The highest BCUT2D eigenvalue weighted by molar-refractivity contribution is 5.96. The summed E-state index contributed by atoms with van der Waals surface area (Å²) < 4.78 is 11.0. The minimum atomic E-state index is 0.772. The van der Waals surface area contributed by atoms with E-state index in [-0.39, 0.29) is 0 Å². The third-order valence-electron chi connectivity index (χ3n) is 6.23. The van der Waals surface area contributed by atoms with Crippen molar-refractivity contribution in [1.29, 1.82) is 0 Å². The normalized spacial score (nSPS) is 14.4. The summed E-state index contributed by atoms with van der Waals surface area (Å²) in [6.45, 7) is 4.85. The van der Waals surface area contributed by atoms with E-state index < -0.39 is 0 Å². The number of hydrogen-bond donors (Lipinski definition) is 0. The van der Waals surface area contributed by atoms with Crippen molar-refractivity contribution in [3.63, 3.8) is 0 Å². The molecule has 33 heavy (non-hydrogen) atoms. The fraction of sp³-hybridized carbons (Fsp3) is 0.259. The second-order valence-electron chi connectivity index (χ2n) is 8.24. The molecular weight excluding hydrogens is 412 g/mol. The fourth-order valence-electron chi connectivity index (χ4n) is 4.44. The Morgan fingerprint density at radius 3 is 2.48 bits per heavy atom. The molecule has 1 aliphatic heterocycles. The standard InChI is InChI=1S/C27H28N4O2/c1-32-22-9-10-23(25(17-22)33-2)24-7-3-6-21-8-11-26(29-27(21)24)31-15-13-30(14-16-31)19-20-5-4-12-28-18-20/h3-12,17-18H,13-16,19H2,1-2H3. The van der Waals surface area contributed by atoms with Crippen LogP contribution in [0.2, 0.25) is 0 Å². The average Bonchev–Trinajstić information content (AvgIpc) is 2.88. The van der Waals surface area contributed by atoms with Gasteiger partial charge in [0, 0.05) is 67.7 Å². The molecule has 2 aromatic heterocycles. The molecule has 0 atom stereocenters. The zero-order chi connectivity index (χ0) is 22.6. The van der Waals surface area contributed by atoms with Crippen LogP contribution in [-0.4, -0.2) is 55.3 Å². The first-order chi connectivity index (χ1) is 16.2. The molecular formula is C27H28N4O2. The van der Waals surface area contributed by atoms with Crippen molar-refractivity contribution in [1.82, 2.24) is 14.9 Å². The SMILES string of the molecule is COc1ccc(-c2cccc3ccc(N4CCN(Cc5cccnc5)CC4)nc23)c(OC)c1. The molecule has 6 heteroatoms. The number of para-hydroxylation sites is 1. The highest BCUT2D eigenvalue weighted by Gasteiger charge is 2.19. The van der Waals surface area contributed by atoms with Crippen LogP contribution in [0.1, 0.15) is 5.56 Å². The maximum Gasteiger partial charge on any atom is 0.130 e. The molecule has 2 aromatic carbocycles. The molecule has 0 radical (unpaired) electrons. The van der Waals surface area contributed by atoms with Gasteiger partial charge in [0.2, 0.25) is 0 Å². The van der Waals surface area contributed by atoms with Gasteiger partial charge in [-0.3, -0.25) is 9.88 Å². The molecule has 1 fully saturated rings. The third kappa shape index (κ3) is 4.47. The average molecular weight is 441 g/mol. The van der Waals surface area contributed by atoms with Crippen LogP contribution in [0.25, 0.3) is 22.0 Å². The monoisotopic (exact) mass is 440 g/mol. The number of benzene rings is 2. The Bertz CT molecular complexity index is 1240. The summed E-state index contributed by atoms with van der Waals surface area (Å²) in [5.41, 5.74) is 4.31. The first-order valence-electron chi connectivity index (χ1n) is 11.2. The van der Waals surface area contributed by atoms with E-state index in [1.54, 1.807) is 14.2 Å². The topological polar surface area (TPSA) is 50.7 Å². The summed E-state index contributed by atoms with van der Waals surface area (Å²) in [5.74, 6) is 2.56. The van der Waals surface area contributed by atoms with Crippen molar-refractivity contribution in [2.75, 3.05) is 45.3 Å². The molecule has 0 unspecified atom stereocenters. The van der Waals surface area contributed by atoms with E-state index in [9.17, 15) is 0 Å². The van der Waals surface area contributed by atoms with Gasteiger partial charge >= 0.3 is 0 Å². The van der Waals surface area contributed by atoms with Gasteiger partial charge in [0.05, 0.1) is 19.7 Å². The van der Waals surface area contributed by atoms with Gasteiger partial charge in [-0.25, -0.2) is 4.98 Å². The maximum atomic E-state index is 5.67. The molecule has 0 saturated carbocycles. The zero-order valence-electron chi connectivity index (χ0n) is 19.1. The molecule has 1 aliphatic rings. The van der Waals surface area contributed by atoms with Crippen LogP contribution in [0, 0.1) is 0 Å². The molecule has 0 N–H and O–H groups in total.